The summed E-state index contributed by atoms with van der Waals surface area (Å²) in [5.74, 6) is -2.31. The Morgan fingerprint density at radius 2 is 1.95 bits per heavy atom. The molecule has 0 fully saturated rings. The lowest BCUT2D eigenvalue weighted by atomic mass is 9.77. The molecular weight excluding hydrogens is 286 g/mol. The predicted octanol–water partition coefficient (Wildman–Crippen LogP) is 2.05. The van der Waals surface area contributed by atoms with Gasteiger partial charge in [0.15, 0.2) is 5.78 Å². The molecule has 2 atom stereocenters. The molecule has 0 saturated heterocycles. The van der Waals surface area contributed by atoms with Crippen LogP contribution in [0.3, 0.4) is 0 Å². The van der Waals surface area contributed by atoms with E-state index < -0.39 is 17.9 Å². The van der Waals surface area contributed by atoms with Gasteiger partial charge in [0.1, 0.15) is 11.6 Å². The Kier molecular flexibility index (Phi) is 4.39. The zero-order valence-electron chi connectivity index (χ0n) is 13.5. The Bertz CT molecular complexity index is 629. The molecule has 0 aliphatic heterocycles. The molecule has 2 unspecified atom stereocenters. The molecule has 1 aromatic rings. The fourth-order valence-electron chi connectivity index (χ4n) is 2.94. The second-order valence-corrected chi connectivity index (χ2v) is 5.98. The number of carbonyl (C=O) groups excluding carboxylic acids is 3. The van der Waals surface area contributed by atoms with Gasteiger partial charge in [-0.05, 0) is 38.7 Å². The maximum Gasteiger partial charge on any atom is 0.355 e. The third-order valence-corrected chi connectivity index (χ3v) is 3.95. The molecule has 0 spiro atoms. The van der Waals surface area contributed by atoms with E-state index in [1.165, 1.54) is 7.11 Å². The highest BCUT2D eigenvalue weighted by molar-refractivity contribution is 6.12. The zero-order chi connectivity index (χ0) is 16.6. The van der Waals surface area contributed by atoms with Gasteiger partial charge in [-0.2, -0.15) is 0 Å². The minimum Gasteiger partial charge on any atom is -0.468 e. The molecule has 6 heteroatoms. The third kappa shape index (κ3) is 2.65. The second kappa shape index (κ2) is 5.94. The second-order valence-electron chi connectivity index (χ2n) is 5.98. The van der Waals surface area contributed by atoms with E-state index in [4.69, 9.17) is 9.47 Å². The summed E-state index contributed by atoms with van der Waals surface area (Å²) < 4.78 is 9.91. The minimum atomic E-state index is -0.819. The largest absolute Gasteiger partial charge is 0.468 e. The van der Waals surface area contributed by atoms with Gasteiger partial charge >= 0.3 is 11.9 Å². The van der Waals surface area contributed by atoms with Crippen LogP contribution in [0.5, 0.6) is 0 Å². The number of rotatable bonds is 3. The standard InChI is InChI=1S/C16H21NO5/c1-7(2)22-16(20)13-9(4)12-10(17-13)6-8(3)11(14(12)18)15(19)21-5/h7-8,11,17H,6H2,1-5H3. The summed E-state index contributed by atoms with van der Waals surface area (Å²) >= 11 is 0. The number of hydrogen-bond acceptors (Lipinski definition) is 5. The lowest BCUT2D eigenvalue weighted by Crippen LogP contribution is -2.36. The molecule has 1 aliphatic carbocycles. The van der Waals surface area contributed by atoms with Gasteiger partial charge in [-0.3, -0.25) is 9.59 Å². The Hall–Kier alpha value is -2.11. The van der Waals surface area contributed by atoms with Crippen molar-refractivity contribution < 1.29 is 23.9 Å². The van der Waals surface area contributed by atoms with Crippen LogP contribution >= 0.6 is 0 Å². The quantitative estimate of drug-likeness (QED) is 0.682. The zero-order valence-corrected chi connectivity index (χ0v) is 13.5. The number of esters is 2. The lowest BCUT2D eigenvalue weighted by Gasteiger charge is -2.25. The molecule has 1 N–H and O–H groups in total. The van der Waals surface area contributed by atoms with Crippen molar-refractivity contribution in [3.05, 3.63) is 22.5 Å². The maximum atomic E-state index is 12.6. The van der Waals surface area contributed by atoms with Crippen molar-refractivity contribution in [3.63, 3.8) is 0 Å². The van der Waals surface area contributed by atoms with E-state index in [0.29, 0.717) is 23.2 Å². The van der Waals surface area contributed by atoms with Crippen LogP contribution in [0, 0.1) is 18.8 Å². The average molecular weight is 307 g/mol. The van der Waals surface area contributed by atoms with Crippen molar-refractivity contribution in [2.45, 2.75) is 40.2 Å². The first-order valence-corrected chi connectivity index (χ1v) is 7.32. The number of fused-ring (bicyclic) bond motifs is 1. The van der Waals surface area contributed by atoms with Gasteiger partial charge in [0.25, 0.3) is 0 Å². The van der Waals surface area contributed by atoms with Gasteiger partial charge in [0.2, 0.25) is 0 Å². The fourth-order valence-corrected chi connectivity index (χ4v) is 2.94. The Balaban J connectivity index is 2.43. The first kappa shape index (κ1) is 16.3. The van der Waals surface area contributed by atoms with Crippen molar-refractivity contribution in [1.29, 1.82) is 0 Å². The van der Waals surface area contributed by atoms with Crippen molar-refractivity contribution in [1.82, 2.24) is 4.98 Å². The van der Waals surface area contributed by atoms with Crippen LogP contribution in [0.4, 0.5) is 0 Å². The van der Waals surface area contributed by atoms with E-state index >= 15 is 0 Å². The maximum absolute atomic E-state index is 12.6. The fraction of sp³-hybridized carbons (Fsp3) is 0.562. The molecule has 120 valence electrons. The van der Waals surface area contributed by atoms with Crippen molar-refractivity contribution in [2.75, 3.05) is 7.11 Å². The molecule has 0 bridgehead atoms. The minimum absolute atomic E-state index is 0.181. The normalized spacial score (nSPS) is 20.7. The summed E-state index contributed by atoms with van der Waals surface area (Å²) in [5, 5.41) is 0. The number of nitrogens with one attached hydrogen (secondary N) is 1. The molecule has 0 amide bonds. The molecular formula is C16H21NO5. The number of carbonyl (C=O) groups is 3. The van der Waals surface area contributed by atoms with Crippen LogP contribution < -0.4 is 0 Å². The smallest absolute Gasteiger partial charge is 0.355 e. The van der Waals surface area contributed by atoms with Crippen molar-refractivity contribution in [3.8, 4) is 0 Å². The number of methoxy groups -OCH3 is 1. The number of hydrogen-bond donors (Lipinski definition) is 1. The van der Waals surface area contributed by atoms with Gasteiger partial charge in [-0.1, -0.05) is 6.92 Å². The van der Waals surface area contributed by atoms with E-state index in [2.05, 4.69) is 4.98 Å². The molecule has 0 aromatic carbocycles. The average Bonchev–Trinajstić information content (AvgIpc) is 2.74. The van der Waals surface area contributed by atoms with E-state index in [1.54, 1.807) is 20.8 Å². The van der Waals surface area contributed by atoms with Gasteiger partial charge in [0, 0.05) is 11.3 Å². The SMILES string of the molecule is COC(=O)C1C(=O)c2c([nH]c(C(=O)OC(C)C)c2C)CC1C. The molecule has 1 aromatic heterocycles. The van der Waals surface area contributed by atoms with Crippen LogP contribution in [0.1, 0.15) is 52.9 Å². The Morgan fingerprint density at radius 3 is 2.50 bits per heavy atom. The van der Waals surface area contributed by atoms with Crippen LogP contribution in [-0.2, 0) is 20.7 Å². The highest BCUT2D eigenvalue weighted by Gasteiger charge is 2.41. The summed E-state index contributed by atoms with van der Waals surface area (Å²) in [5.41, 5.74) is 1.92. The summed E-state index contributed by atoms with van der Waals surface area (Å²) in [7, 11) is 1.27. The number of H-pyrrole nitrogens is 1. The number of aromatic nitrogens is 1. The van der Waals surface area contributed by atoms with Gasteiger partial charge in [0.05, 0.1) is 13.2 Å². The van der Waals surface area contributed by atoms with Crippen LogP contribution in [0.15, 0.2) is 0 Å². The highest BCUT2D eigenvalue weighted by Crippen LogP contribution is 2.34. The van der Waals surface area contributed by atoms with Gasteiger partial charge in [-0.25, -0.2) is 4.79 Å². The highest BCUT2D eigenvalue weighted by atomic mass is 16.5. The number of Topliss-reactive ketones (excluding diaryl/α,β-unsaturated/α-hetero) is 1. The summed E-state index contributed by atoms with van der Waals surface area (Å²) in [4.78, 5) is 39.6. The molecule has 22 heavy (non-hydrogen) atoms. The summed E-state index contributed by atoms with van der Waals surface area (Å²) in [6.45, 7) is 7.03. The molecule has 1 aliphatic rings. The first-order valence-electron chi connectivity index (χ1n) is 7.32. The number of aromatic amines is 1. The topological polar surface area (TPSA) is 85.5 Å². The molecule has 6 nitrogen and oxygen atoms in total. The van der Waals surface area contributed by atoms with Gasteiger partial charge in [-0.15, -0.1) is 0 Å². The predicted molar refractivity (Wildman–Crippen MR) is 78.8 cm³/mol. The lowest BCUT2D eigenvalue weighted by molar-refractivity contribution is -0.145. The molecule has 0 radical (unpaired) electrons. The van der Waals surface area contributed by atoms with E-state index in [0.717, 1.165) is 0 Å². The van der Waals surface area contributed by atoms with E-state index in [9.17, 15) is 14.4 Å². The first-order chi connectivity index (χ1) is 10.3. The summed E-state index contributed by atoms with van der Waals surface area (Å²) in [6.07, 6.45) is 0.265. The van der Waals surface area contributed by atoms with Crippen LogP contribution in [0.25, 0.3) is 0 Å². The summed E-state index contributed by atoms with van der Waals surface area (Å²) in [6, 6.07) is 0. The Morgan fingerprint density at radius 1 is 1.32 bits per heavy atom. The van der Waals surface area contributed by atoms with E-state index in [1.807, 2.05) is 6.92 Å². The number of ether oxygens (including phenoxy) is 2. The van der Waals surface area contributed by atoms with Gasteiger partial charge < -0.3 is 14.5 Å². The molecule has 1 heterocycles. The van der Waals surface area contributed by atoms with Crippen LogP contribution in [-0.4, -0.2) is 35.9 Å². The number of ketones is 1. The molecule has 2 rings (SSSR count). The van der Waals surface area contributed by atoms with E-state index in [-0.39, 0.29) is 23.5 Å². The van der Waals surface area contributed by atoms with Crippen molar-refractivity contribution in [2.24, 2.45) is 11.8 Å². The van der Waals surface area contributed by atoms with Crippen molar-refractivity contribution >= 4 is 17.7 Å². The van der Waals surface area contributed by atoms with Crippen LogP contribution in [0.2, 0.25) is 0 Å². The molecule has 0 saturated carbocycles. The third-order valence-electron chi connectivity index (χ3n) is 3.95. The monoisotopic (exact) mass is 307 g/mol. The Labute approximate surface area is 129 Å².